The Hall–Kier alpha value is -1.01. The van der Waals surface area contributed by atoms with E-state index in [0.717, 1.165) is 0 Å². The second-order valence-corrected chi connectivity index (χ2v) is 8.24. The van der Waals surface area contributed by atoms with Gasteiger partial charge in [-0.2, -0.15) is 0 Å². The molecule has 5 nitrogen and oxygen atoms in total. The number of nitrogens with zero attached hydrogens (tertiary/aromatic N) is 1. The van der Waals surface area contributed by atoms with E-state index in [1.54, 1.807) is 7.05 Å². The SMILES string of the molecule is CC(NC(=O)c1cc(S(=O)(=O)Cl)cn1C)C(C)(C)C. The first-order chi connectivity index (χ1) is 8.43. The maximum Gasteiger partial charge on any atom is 0.268 e. The summed E-state index contributed by atoms with van der Waals surface area (Å²) in [6.45, 7) is 7.94. The summed E-state index contributed by atoms with van der Waals surface area (Å²) in [6, 6.07) is 1.22. The Morgan fingerprint density at radius 2 is 1.95 bits per heavy atom. The van der Waals surface area contributed by atoms with Gasteiger partial charge in [-0.1, -0.05) is 20.8 Å². The summed E-state index contributed by atoms with van der Waals surface area (Å²) in [7, 11) is 3.03. The Morgan fingerprint density at radius 3 is 2.32 bits per heavy atom. The Morgan fingerprint density at radius 1 is 1.42 bits per heavy atom. The first-order valence-corrected chi connectivity index (χ1v) is 8.15. The van der Waals surface area contributed by atoms with E-state index in [1.807, 2.05) is 27.7 Å². The van der Waals surface area contributed by atoms with Crippen LogP contribution in [0.2, 0.25) is 0 Å². The van der Waals surface area contributed by atoms with Gasteiger partial charge in [0.25, 0.3) is 15.0 Å². The number of hydrogen-bond acceptors (Lipinski definition) is 3. The fourth-order valence-electron chi connectivity index (χ4n) is 1.38. The third-order valence-corrected chi connectivity index (χ3v) is 4.46. The minimum absolute atomic E-state index is 0.0500. The van der Waals surface area contributed by atoms with Crippen molar-refractivity contribution in [2.45, 2.75) is 38.6 Å². The van der Waals surface area contributed by atoms with E-state index in [-0.39, 0.29) is 28.0 Å². The zero-order chi connectivity index (χ0) is 15.0. The Labute approximate surface area is 118 Å². The van der Waals surface area contributed by atoms with Gasteiger partial charge in [0.1, 0.15) is 10.6 Å². The monoisotopic (exact) mass is 306 g/mol. The summed E-state index contributed by atoms with van der Waals surface area (Å²) in [6.07, 6.45) is 1.32. The van der Waals surface area contributed by atoms with Gasteiger partial charge in [0, 0.05) is 30.0 Å². The van der Waals surface area contributed by atoms with Crippen LogP contribution in [0.25, 0.3) is 0 Å². The lowest BCUT2D eigenvalue weighted by Crippen LogP contribution is -2.41. The van der Waals surface area contributed by atoms with E-state index >= 15 is 0 Å². The Balaban J connectivity index is 2.99. The van der Waals surface area contributed by atoms with Gasteiger partial charge in [0.15, 0.2) is 0 Å². The maximum atomic E-state index is 12.1. The van der Waals surface area contributed by atoms with Gasteiger partial charge in [0.05, 0.1) is 0 Å². The quantitative estimate of drug-likeness (QED) is 0.870. The van der Waals surface area contributed by atoms with E-state index in [9.17, 15) is 13.2 Å². The second-order valence-electron chi connectivity index (χ2n) is 5.67. The average molecular weight is 307 g/mol. The van der Waals surface area contributed by atoms with Crippen LogP contribution in [0.3, 0.4) is 0 Å². The molecular weight excluding hydrogens is 288 g/mol. The molecule has 108 valence electrons. The molecule has 1 N–H and O–H groups in total. The van der Waals surface area contributed by atoms with Crippen molar-refractivity contribution in [1.82, 2.24) is 9.88 Å². The van der Waals surface area contributed by atoms with Crippen molar-refractivity contribution in [3.05, 3.63) is 18.0 Å². The third-order valence-electron chi connectivity index (χ3n) is 3.14. The zero-order valence-electron chi connectivity index (χ0n) is 11.7. The molecule has 1 aromatic rings. The molecule has 1 atom stereocenters. The van der Waals surface area contributed by atoms with E-state index in [0.29, 0.717) is 0 Å². The van der Waals surface area contributed by atoms with Crippen molar-refractivity contribution in [2.24, 2.45) is 12.5 Å². The van der Waals surface area contributed by atoms with Crippen molar-refractivity contribution in [1.29, 1.82) is 0 Å². The van der Waals surface area contributed by atoms with E-state index in [2.05, 4.69) is 5.32 Å². The van der Waals surface area contributed by atoms with Crippen molar-refractivity contribution in [3.8, 4) is 0 Å². The van der Waals surface area contributed by atoms with E-state index in [1.165, 1.54) is 16.8 Å². The van der Waals surface area contributed by atoms with Crippen molar-refractivity contribution < 1.29 is 13.2 Å². The molecular formula is C12H19ClN2O3S. The number of aromatic nitrogens is 1. The number of nitrogens with one attached hydrogen (secondary N) is 1. The van der Waals surface area contributed by atoms with Crippen molar-refractivity contribution in [3.63, 3.8) is 0 Å². The summed E-state index contributed by atoms with van der Waals surface area (Å²) in [4.78, 5) is 12.0. The average Bonchev–Trinajstić information content (AvgIpc) is 2.58. The summed E-state index contributed by atoms with van der Waals surface area (Å²) in [5.74, 6) is -0.323. The first-order valence-electron chi connectivity index (χ1n) is 5.85. The third kappa shape index (κ3) is 3.98. The first kappa shape index (κ1) is 16.0. The number of aryl methyl sites for hydroxylation is 1. The van der Waals surface area contributed by atoms with Crippen LogP contribution < -0.4 is 5.32 Å². The van der Waals surface area contributed by atoms with Gasteiger partial charge < -0.3 is 9.88 Å². The van der Waals surface area contributed by atoms with Crippen LogP contribution >= 0.6 is 10.7 Å². The molecule has 1 unspecified atom stereocenters. The van der Waals surface area contributed by atoms with Gasteiger partial charge >= 0.3 is 0 Å². The van der Waals surface area contributed by atoms with Crippen LogP contribution in [-0.2, 0) is 16.1 Å². The van der Waals surface area contributed by atoms with Crippen molar-refractivity contribution >= 4 is 25.6 Å². The minimum Gasteiger partial charge on any atom is -0.348 e. The van der Waals surface area contributed by atoms with Crippen LogP contribution in [0.15, 0.2) is 17.2 Å². The number of hydrogen-bond donors (Lipinski definition) is 1. The highest BCUT2D eigenvalue weighted by molar-refractivity contribution is 8.13. The number of carbonyl (C=O) groups excluding carboxylic acids is 1. The zero-order valence-corrected chi connectivity index (χ0v) is 13.3. The largest absolute Gasteiger partial charge is 0.348 e. The predicted octanol–water partition coefficient (Wildman–Crippen LogP) is 2.12. The van der Waals surface area contributed by atoms with Crippen LogP contribution in [0.5, 0.6) is 0 Å². The standard InChI is InChI=1S/C12H19ClN2O3S/c1-8(12(2,3)4)14-11(16)10-6-9(7-15(10)5)19(13,17)18/h6-8H,1-5H3,(H,14,16). The minimum atomic E-state index is -3.82. The highest BCUT2D eigenvalue weighted by atomic mass is 35.7. The molecule has 0 saturated heterocycles. The maximum absolute atomic E-state index is 12.1. The van der Waals surface area contributed by atoms with Crippen LogP contribution in [0, 0.1) is 5.41 Å². The van der Waals surface area contributed by atoms with Crippen molar-refractivity contribution in [2.75, 3.05) is 0 Å². The molecule has 7 heteroatoms. The topological polar surface area (TPSA) is 68.2 Å². The summed E-state index contributed by atoms with van der Waals surface area (Å²) in [5, 5.41) is 2.84. The molecule has 0 saturated carbocycles. The summed E-state index contributed by atoms with van der Waals surface area (Å²) < 4.78 is 23.9. The molecule has 0 aliphatic rings. The number of carbonyl (C=O) groups is 1. The normalized spacial score (nSPS) is 14.2. The highest BCUT2D eigenvalue weighted by Gasteiger charge is 2.24. The molecule has 0 spiro atoms. The fourth-order valence-corrected chi connectivity index (χ4v) is 2.17. The van der Waals surface area contributed by atoms with Crippen LogP contribution in [0.1, 0.15) is 38.2 Å². The number of amides is 1. The molecule has 0 radical (unpaired) electrons. The molecule has 0 bridgehead atoms. The lowest BCUT2D eigenvalue weighted by molar-refractivity contribution is 0.0902. The molecule has 1 amide bonds. The van der Waals surface area contributed by atoms with Gasteiger partial charge in [0.2, 0.25) is 0 Å². The Bertz CT molecular complexity index is 585. The van der Waals surface area contributed by atoms with E-state index in [4.69, 9.17) is 10.7 Å². The molecule has 0 aliphatic carbocycles. The van der Waals surface area contributed by atoms with Gasteiger partial charge in [-0.15, -0.1) is 0 Å². The molecule has 0 aliphatic heterocycles. The molecule has 1 heterocycles. The fraction of sp³-hybridized carbons (Fsp3) is 0.583. The number of rotatable bonds is 3. The van der Waals surface area contributed by atoms with Crippen LogP contribution in [0.4, 0.5) is 0 Å². The molecule has 1 aromatic heterocycles. The smallest absolute Gasteiger partial charge is 0.268 e. The lowest BCUT2D eigenvalue weighted by Gasteiger charge is -2.28. The molecule has 0 aromatic carbocycles. The molecule has 0 fully saturated rings. The highest BCUT2D eigenvalue weighted by Crippen LogP contribution is 2.21. The van der Waals surface area contributed by atoms with Crippen LogP contribution in [-0.4, -0.2) is 24.9 Å². The van der Waals surface area contributed by atoms with E-state index < -0.39 is 9.05 Å². The molecule has 1 rings (SSSR count). The van der Waals surface area contributed by atoms with Gasteiger partial charge in [-0.3, -0.25) is 4.79 Å². The van der Waals surface area contributed by atoms with Gasteiger partial charge in [-0.05, 0) is 18.4 Å². The summed E-state index contributed by atoms with van der Waals surface area (Å²) >= 11 is 0. The lowest BCUT2D eigenvalue weighted by atomic mass is 9.88. The molecule has 19 heavy (non-hydrogen) atoms. The van der Waals surface area contributed by atoms with Gasteiger partial charge in [-0.25, -0.2) is 8.42 Å². The number of halogens is 1. The summed E-state index contributed by atoms with van der Waals surface area (Å²) in [5.41, 5.74) is 0.178. The Kier molecular flexibility index (Phi) is 4.37. The second kappa shape index (κ2) is 5.17. The predicted molar refractivity (Wildman–Crippen MR) is 74.8 cm³/mol.